The number of rotatable bonds is 9. The van der Waals surface area contributed by atoms with Gasteiger partial charge in [0.1, 0.15) is 5.76 Å². The fourth-order valence-electron chi connectivity index (χ4n) is 3.20. The third-order valence-corrected chi connectivity index (χ3v) is 4.73. The Morgan fingerprint density at radius 2 is 1.70 bits per heavy atom. The van der Waals surface area contributed by atoms with Crippen LogP contribution in [-0.2, 0) is 24.4 Å². The van der Waals surface area contributed by atoms with Crippen molar-refractivity contribution in [3.8, 4) is 11.4 Å². The molecular weight excluding hydrogens is 378 g/mol. The number of aryl methyl sites for hydroxylation is 1. The zero-order chi connectivity index (χ0) is 20.6. The molecule has 7 nitrogen and oxygen atoms in total. The lowest BCUT2D eigenvalue weighted by Gasteiger charge is -2.22. The summed E-state index contributed by atoms with van der Waals surface area (Å²) < 4.78 is 5.44. The number of carbonyl (C=O) groups excluding carboxylic acids is 1. The molecule has 0 saturated heterocycles. The van der Waals surface area contributed by atoms with E-state index in [1.54, 1.807) is 11.1 Å². The summed E-state index contributed by atoms with van der Waals surface area (Å²) in [6.07, 6.45) is 2.66. The predicted octanol–water partition coefficient (Wildman–Crippen LogP) is 3.94. The molecule has 0 saturated carbocycles. The van der Waals surface area contributed by atoms with Gasteiger partial charge >= 0.3 is 0 Å². The Morgan fingerprint density at radius 1 is 0.933 bits per heavy atom. The first-order chi connectivity index (χ1) is 14.8. The van der Waals surface area contributed by atoms with Crippen molar-refractivity contribution in [3.63, 3.8) is 0 Å². The predicted molar refractivity (Wildman–Crippen MR) is 112 cm³/mol. The molecule has 7 heteroatoms. The van der Waals surface area contributed by atoms with Crippen LogP contribution in [0.15, 0.2) is 83.5 Å². The maximum Gasteiger partial charge on any atom is 0.223 e. The van der Waals surface area contributed by atoms with Crippen molar-refractivity contribution < 1.29 is 9.21 Å². The van der Waals surface area contributed by atoms with Gasteiger partial charge in [0, 0.05) is 18.5 Å². The summed E-state index contributed by atoms with van der Waals surface area (Å²) in [4.78, 5) is 16.3. The standard InChI is InChI=1S/C23H23N5O2/c29-22(14-7-15-28-25-23(24-26-28)20-11-5-2-6-12-20)27(18-21-13-8-16-30-21)17-19-9-3-1-4-10-19/h1-6,8-13,16H,7,14-15,17-18H2. The second-order valence-electron chi connectivity index (χ2n) is 6.99. The first kappa shape index (κ1) is 19.6. The summed E-state index contributed by atoms with van der Waals surface area (Å²) in [5.41, 5.74) is 2.01. The minimum absolute atomic E-state index is 0.0682. The lowest BCUT2D eigenvalue weighted by Crippen LogP contribution is -2.30. The van der Waals surface area contributed by atoms with Crippen molar-refractivity contribution in [2.24, 2.45) is 0 Å². The molecule has 2 heterocycles. The Balaban J connectivity index is 1.35. The van der Waals surface area contributed by atoms with Gasteiger partial charge in [-0.05, 0) is 29.3 Å². The lowest BCUT2D eigenvalue weighted by molar-refractivity contribution is -0.132. The smallest absolute Gasteiger partial charge is 0.223 e. The highest BCUT2D eigenvalue weighted by atomic mass is 16.3. The third kappa shape index (κ3) is 5.20. The Hall–Kier alpha value is -3.74. The van der Waals surface area contributed by atoms with Gasteiger partial charge in [-0.1, -0.05) is 60.7 Å². The molecule has 4 rings (SSSR count). The topological polar surface area (TPSA) is 77.1 Å². The van der Waals surface area contributed by atoms with E-state index >= 15 is 0 Å². The summed E-state index contributed by atoms with van der Waals surface area (Å²) in [7, 11) is 0. The zero-order valence-corrected chi connectivity index (χ0v) is 16.6. The average molecular weight is 401 g/mol. The van der Waals surface area contributed by atoms with Crippen molar-refractivity contribution in [3.05, 3.63) is 90.4 Å². The highest BCUT2D eigenvalue weighted by molar-refractivity contribution is 5.76. The minimum atomic E-state index is 0.0682. The summed E-state index contributed by atoms with van der Waals surface area (Å²) in [6, 6.07) is 23.4. The van der Waals surface area contributed by atoms with Crippen molar-refractivity contribution in [2.45, 2.75) is 32.5 Å². The fourth-order valence-corrected chi connectivity index (χ4v) is 3.20. The number of amides is 1. The molecule has 0 unspecified atom stereocenters. The van der Waals surface area contributed by atoms with Crippen LogP contribution in [0, 0.1) is 0 Å². The van der Waals surface area contributed by atoms with E-state index in [4.69, 9.17) is 4.42 Å². The average Bonchev–Trinajstić information content (AvgIpc) is 3.47. The number of nitrogens with zero attached hydrogens (tertiary/aromatic N) is 5. The molecule has 0 bridgehead atoms. The van der Waals surface area contributed by atoms with Crippen LogP contribution < -0.4 is 0 Å². The van der Waals surface area contributed by atoms with Gasteiger partial charge in [0.2, 0.25) is 11.7 Å². The number of hydrogen-bond donors (Lipinski definition) is 0. The molecule has 30 heavy (non-hydrogen) atoms. The number of benzene rings is 2. The van der Waals surface area contributed by atoms with E-state index in [0.717, 1.165) is 16.9 Å². The van der Waals surface area contributed by atoms with Gasteiger partial charge in [0.15, 0.2) is 0 Å². The van der Waals surface area contributed by atoms with Gasteiger partial charge in [0.05, 0.1) is 19.4 Å². The third-order valence-electron chi connectivity index (χ3n) is 4.73. The highest BCUT2D eigenvalue weighted by Crippen LogP contribution is 2.14. The van der Waals surface area contributed by atoms with Crippen LogP contribution in [0.2, 0.25) is 0 Å². The van der Waals surface area contributed by atoms with Crippen LogP contribution in [0.1, 0.15) is 24.2 Å². The first-order valence-electron chi connectivity index (χ1n) is 9.95. The lowest BCUT2D eigenvalue weighted by atomic mass is 10.2. The van der Waals surface area contributed by atoms with Gasteiger partial charge in [0.25, 0.3) is 0 Å². The van der Waals surface area contributed by atoms with E-state index in [-0.39, 0.29) is 5.91 Å². The first-order valence-corrected chi connectivity index (χ1v) is 9.95. The largest absolute Gasteiger partial charge is 0.467 e. The number of carbonyl (C=O) groups is 1. The molecule has 0 fully saturated rings. The van der Waals surface area contributed by atoms with Gasteiger partial charge in [-0.3, -0.25) is 4.79 Å². The molecule has 0 aliphatic rings. The van der Waals surface area contributed by atoms with E-state index < -0.39 is 0 Å². The van der Waals surface area contributed by atoms with Gasteiger partial charge < -0.3 is 9.32 Å². The van der Waals surface area contributed by atoms with E-state index in [9.17, 15) is 4.79 Å². The molecule has 152 valence electrons. The van der Waals surface area contributed by atoms with E-state index in [1.165, 1.54) is 0 Å². The zero-order valence-electron chi connectivity index (χ0n) is 16.6. The van der Waals surface area contributed by atoms with Gasteiger partial charge in [-0.15, -0.1) is 10.2 Å². The fraction of sp³-hybridized carbons (Fsp3) is 0.217. The SMILES string of the molecule is O=C(CCCn1nnc(-c2ccccc2)n1)N(Cc1ccccc1)Cc1ccco1. The molecule has 0 radical (unpaired) electrons. The highest BCUT2D eigenvalue weighted by Gasteiger charge is 2.16. The van der Waals surface area contributed by atoms with Crippen LogP contribution >= 0.6 is 0 Å². The summed E-state index contributed by atoms with van der Waals surface area (Å²) in [5.74, 6) is 1.42. The molecule has 1 amide bonds. The van der Waals surface area contributed by atoms with E-state index in [2.05, 4.69) is 15.4 Å². The monoisotopic (exact) mass is 401 g/mol. The second-order valence-corrected chi connectivity index (χ2v) is 6.99. The van der Waals surface area contributed by atoms with Crippen molar-refractivity contribution in [2.75, 3.05) is 0 Å². The Bertz CT molecular complexity index is 1050. The Labute approximate surface area is 174 Å². The number of tetrazole rings is 1. The summed E-state index contributed by atoms with van der Waals surface area (Å²) in [6.45, 7) is 1.52. The maximum atomic E-state index is 12.9. The van der Waals surface area contributed by atoms with Crippen LogP contribution in [0.25, 0.3) is 11.4 Å². The minimum Gasteiger partial charge on any atom is -0.467 e. The van der Waals surface area contributed by atoms with Crippen LogP contribution in [-0.4, -0.2) is 31.0 Å². The Morgan fingerprint density at radius 3 is 2.43 bits per heavy atom. The summed E-state index contributed by atoms with van der Waals surface area (Å²) >= 11 is 0. The molecule has 0 atom stereocenters. The molecule has 0 N–H and O–H groups in total. The Kier molecular flexibility index (Phi) is 6.29. The second kappa shape index (κ2) is 9.65. The number of furan rings is 1. The number of hydrogen-bond acceptors (Lipinski definition) is 5. The molecule has 0 aliphatic heterocycles. The van der Waals surface area contributed by atoms with Gasteiger partial charge in [-0.2, -0.15) is 4.80 Å². The summed E-state index contributed by atoms with van der Waals surface area (Å²) in [5, 5.41) is 12.6. The van der Waals surface area contributed by atoms with Crippen molar-refractivity contribution >= 4 is 5.91 Å². The van der Waals surface area contributed by atoms with E-state index in [1.807, 2.05) is 77.7 Å². The van der Waals surface area contributed by atoms with Crippen LogP contribution in [0.5, 0.6) is 0 Å². The van der Waals surface area contributed by atoms with E-state index in [0.29, 0.717) is 38.3 Å². The maximum absolute atomic E-state index is 12.9. The molecule has 0 aliphatic carbocycles. The van der Waals surface area contributed by atoms with Crippen molar-refractivity contribution in [1.82, 2.24) is 25.1 Å². The molecule has 2 aromatic carbocycles. The van der Waals surface area contributed by atoms with Crippen molar-refractivity contribution in [1.29, 1.82) is 0 Å². The number of aromatic nitrogens is 4. The quantitative estimate of drug-likeness (QED) is 0.424. The molecule has 4 aromatic rings. The normalized spacial score (nSPS) is 10.8. The molecule has 0 spiro atoms. The molecular formula is C23H23N5O2. The van der Waals surface area contributed by atoms with Gasteiger partial charge in [-0.25, -0.2) is 0 Å². The van der Waals surface area contributed by atoms with Crippen LogP contribution in [0.4, 0.5) is 0 Å². The van der Waals surface area contributed by atoms with Crippen LogP contribution in [0.3, 0.4) is 0 Å². The molecule has 2 aromatic heterocycles.